The highest BCUT2D eigenvalue weighted by molar-refractivity contribution is 5.95. The molecule has 1 aliphatic heterocycles. The Hall–Kier alpha value is -4.24. The van der Waals surface area contributed by atoms with Gasteiger partial charge in [0.25, 0.3) is 12.3 Å². The summed E-state index contributed by atoms with van der Waals surface area (Å²) in [7, 11) is 3.12. The van der Waals surface area contributed by atoms with Gasteiger partial charge in [-0.1, -0.05) is 5.21 Å². The number of aromatic nitrogens is 7. The minimum Gasteiger partial charge on any atom is -0.494 e. The zero-order chi connectivity index (χ0) is 29.8. The summed E-state index contributed by atoms with van der Waals surface area (Å²) >= 11 is 0. The zero-order valence-electron chi connectivity index (χ0n) is 23.3. The van der Waals surface area contributed by atoms with Crippen molar-refractivity contribution >= 4 is 5.91 Å². The number of amides is 1. The number of aliphatic hydroxyl groups is 1. The van der Waals surface area contributed by atoms with Crippen molar-refractivity contribution in [3.8, 4) is 11.4 Å². The molecule has 1 atom stereocenters. The maximum absolute atomic E-state index is 15.3. The Balaban J connectivity index is 1.26. The van der Waals surface area contributed by atoms with Crippen LogP contribution in [0.1, 0.15) is 57.6 Å². The fourth-order valence-corrected chi connectivity index (χ4v) is 5.29. The van der Waals surface area contributed by atoms with Gasteiger partial charge in [0.2, 0.25) is 0 Å². The molecule has 4 aromatic rings. The van der Waals surface area contributed by atoms with Gasteiger partial charge in [0.05, 0.1) is 48.2 Å². The molecular formula is C27H30F3N9O3. The van der Waals surface area contributed by atoms with Crippen LogP contribution < -0.4 is 10.1 Å². The van der Waals surface area contributed by atoms with E-state index in [0.717, 1.165) is 0 Å². The molecule has 1 aliphatic carbocycles. The van der Waals surface area contributed by atoms with Crippen LogP contribution in [0.5, 0.6) is 5.75 Å². The van der Waals surface area contributed by atoms with Crippen LogP contribution >= 0.6 is 0 Å². The summed E-state index contributed by atoms with van der Waals surface area (Å²) in [6.45, 7) is 2.30. The topological polar surface area (TPSA) is 128 Å². The maximum atomic E-state index is 15.3. The summed E-state index contributed by atoms with van der Waals surface area (Å²) in [5.41, 5.74) is 1.38. The lowest BCUT2D eigenvalue weighted by Crippen LogP contribution is -2.38. The van der Waals surface area contributed by atoms with Gasteiger partial charge in [-0.25, -0.2) is 17.9 Å². The molecule has 3 aromatic heterocycles. The molecule has 15 heteroatoms. The second-order valence-corrected chi connectivity index (χ2v) is 10.9. The first kappa shape index (κ1) is 27.9. The van der Waals surface area contributed by atoms with Crippen molar-refractivity contribution in [3.05, 3.63) is 70.3 Å². The molecule has 2 N–H and O–H groups in total. The number of benzene rings is 1. The first-order valence-corrected chi connectivity index (χ1v) is 13.4. The van der Waals surface area contributed by atoms with Crippen molar-refractivity contribution in [3.63, 3.8) is 0 Å². The van der Waals surface area contributed by atoms with Crippen molar-refractivity contribution in [1.82, 2.24) is 44.8 Å². The number of nitrogens with zero attached hydrogens (tertiary/aromatic N) is 8. The monoisotopic (exact) mass is 585 g/mol. The molecule has 0 bridgehead atoms. The van der Waals surface area contributed by atoms with E-state index >= 15 is 4.39 Å². The van der Waals surface area contributed by atoms with Crippen molar-refractivity contribution in [2.75, 3.05) is 20.7 Å². The fourth-order valence-electron chi connectivity index (χ4n) is 5.29. The molecule has 2 aliphatic rings. The molecular weight excluding hydrogens is 555 g/mol. The van der Waals surface area contributed by atoms with Crippen LogP contribution in [0.25, 0.3) is 5.69 Å². The van der Waals surface area contributed by atoms with Gasteiger partial charge in [0.1, 0.15) is 17.3 Å². The van der Waals surface area contributed by atoms with E-state index < -0.39 is 29.8 Å². The van der Waals surface area contributed by atoms with E-state index in [1.807, 2.05) is 4.90 Å². The number of fused-ring (bicyclic) bond motifs is 1. The number of ether oxygens (including phenoxy) is 1. The SMILES string of the molecule is COc1ccc(-n2cc(C)nn2)c(CNC(=O)c2cn(Cc3cc4n(n3)C(C(F)F)CN(C)C4)nc2C2(O)CC2)c1F. The lowest BCUT2D eigenvalue weighted by atomic mass is 10.1. The van der Waals surface area contributed by atoms with Gasteiger partial charge < -0.3 is 15.2 Å². The van der Waals surface area contributed by atoms with Gasteiger partial charge in [-0.15, -0.1) is 5.10 Å². The largest absolute Gasteiger partial charge is 0.494 e. The molecule has 42 heavy (non-hydrogen) atoms. The second kappa shape index (κ2) is 10.5. The van der Waals surface area contributed by atoms with Gasteiger partial charge in [0, 0.05) is 31.4 Å². The number of likely N-dealkylation sites (N-methyl/N-ethyl adjacent to an activating group) is 1. The number of aryl methyl sites for hydroxylation is 1. The van der Waals surface area contributed by atoms with E-state index in [1.165, 1.54) is 33.4 Å². The average molecular weight is 586 g/mol. The van der Waals surface area contributed by atoms with Crippen LogP contribution in [0.4, 0.5) is 13.2 Å². The number of alkyl halides is 2. The van der Waals surface area contributed by atoms with E-state index in [9.17, 15) is 18.7 Å². The van der Waals surface area contributed by atoms with E-state index in [-0.39, 0.29) is 42.2 Å². The summed E-state index contributed by atoms with van der Waals surface area (Å²) in [6.07, 6.45) is 1.42. The molecule has 1 unspecified atom stereocenters. The number of hydrogen-bond acceptors (Lipinski definition) is 8. The van der Waals surface area contributed by atoms with Crippen LogP contribution in [0.2, 0.25) is 0 Å². The fraction of sp³-hybridized carbons (Fsp3) is 0.444. The quantitative estimate of drug-likeness (QED) is 0.307. The van der Waals surface area contributed by atoms with Gasteiger partial charge in [-0.05, 0) is 45.0 Å². The third-order valence-corrected chi connectivity index (χ3v) is 7.58. The molecule has 1 fully saturated rings. The highest BCUT2D eigenvalue weighted by atomic mass is 19.3. The Labute approximate surface area is 238 Å². The smallest absolute Gasteiger partial charge is 0.261 e. The van der Waals surface area contributed by atoms with Crippen LogP contribution in [-0.2, 0) is 25.2 Å². The summed E-state index contributed by atoms with van der Waals surface area (Å²) in [5, 5.41) is 30.5. The third kappa shape index (κ3) is 5.13. The summed E-state index contributed by atoms with van der Waals surface area (Å²) in [4.78, 5) is 15.3. The molecule has 6 rings (SSSR count). The van der Waals surface area contributed by atoms with E-state index in [1.54, 1.807) is 32.3 Å². The van der Waals surface area contributed by atoms with Crippen LogP contribution in [-0.4, -0.2) is 77.6 Å². The van der Waals surface area contributed by atoms with Crippen LogP contribution in [0.3, 0.4) is 0 Å². The minimum atomic E-state index is -2.57. The van der Waals surface area contributed by atoms with Crippen molar-refractivity contribution in [2.24, 2.45) is 0 Å². The molecule has 0 radical (unpaired) electrons. The number of methoxy groups -OCH3 is 1. The molecule has 1 aromatic carbocycles. The predicted octanol–water partition coefficient (Wildman–Crippen LogP) is 2.33. The Bertz CT molecular complexity index is 1640. The lowest BCUT2D eigenvalue weighted by molar-refractivity contribution is 0.0404. The van der Waals surface area contributed by atoms with Crippen molar-refractivity contribution in [2.45, 2.75) is 57.5 Å². The van der Waals surface area contributed by atoms with E-state index in [0.29, 0.717) is 42.2 Å². The van der Waals surface area contributed by atoms with Gasteiger partial charge >= 0.3 is 0 Å². The standard InChI is InChI=1S/C27H30F3N9O3/c1-15-10-38(35-32-15)20-4-5-22(42-3)23(28)18(20)9-31-26(40)19-13-37(34-24(19)27(41)6-7-27)11-16-8-17-12-36(2)14-21(25(29)30)39(17)33-16/h4-5,8,10,13,21,25,41H,6-7,9,11-12,14H2,1-3H3,(H,31,40). The second-order valence-electron chi connectivity index (χ2n) is 10.9. The highest BCUT2D eigenvalue weighted by Crippen LogP contribution is 2.46. The van der Waals surface area contributed by atoms with E-state index in [4.69, 9.17) is 4.74 Å². The van der Waals surface area contributed by atoms with Crippen molar-refractivity contribution < 1.29 is 27.8 Å². The Morgan fingerprint density at radius 1 is 1.26 bits per heavy atom. The Morgan fingerprint density at radius 2 is 2.05 bits per heavy atom. The summed E-state index contributed by atoms with van der Waals surface area (Å²) in [5.74, 6) is -1.22. The van der Waals surface area contributed by atoms with Gasteiger partial charge in [0.15, 0.2) is 11.6 Å². The van der Waals surface area contributed by atoms with Gasteiger partial charge in [-0.2, -0.15) is 10.2 Å². The lowest BCUT2D eigenvalue weighted by Gasteiger charge is -2.30. The third-order valence-electron chi connectivity index (χ3n) is 7.58. The summed E-state index contributed by atoms with van der Waals surface area (Å²) < 4.78 is 52.0. The highest BCUT2D eigenvalue weighted by Gasteiger charge is 2.47. The molecule has 0 saturated heterocycles. The number of carbonyl (C=O) groups is 1. The molecule has 4 heterocycles. The van der Waals surface area contributed by atoms with Crippen LogP contribution in [0, 0.1) is 12.7 Å². The number of rotatable bonds is 9. The Kier molecular flexibility index (Phi) is 7.01. The van der Waals surface area contributed by atoms with Crippen molar-refractivity contribution in [1.29, 1.82) is 0 Å². The van der Waals surface area contributed by atoms with Crippen LogP contribution in [0.15, 0.2) is 30.6 Å². The zero-order valence-corrected chi connectivity index (χ0v) is 23.3. The summed E-state index contributed by atoms with van der Waals surface area (Å²) in [6, 6.07) is 3.77. The average Bonchev–Trinajstić information content (AvgIpc) is 3.27. The Morgan fingerprint density at radius 3 is 2.71 bits per heavy atom. The molecule has 12 nitrogen and oxygen atoms in total. The van der Waals surface area contributed by atoms with Gasteiger partial charge in [-0.3, -0.25) is 19.1 Å². The maximum Gasteiger partial charge on any atom is 0.261 e. The first-order chi connectivity index (χ1) is 20.1. The number of hydrogen-bond donors (Lipinski definition) is 2. The predicted molar refractivity (Wildman–Crippen MR) is 142 cm³/mol. The minimum absolute atomic E-state index is 0.00340. The number of halogens is 3. The molecule has 1 saturated carbocycles. The van der Waals surface area contributed by atoms with E-state index in [2.05, 4.69) is 25.8 Å². The number of nitrogens with one attached hydrogen (secondary N) is 1. The number of carbonyl (C=O) groups excluding carboxylic acids is 1. The molecule has 222 valence electrons. The first-order valence-electron chi connectivity index (χ1n) is 13.4. The normalized spacial score (nSPS) is 17.9. The molecule has 1 amide bonds. The molecule has 0 spiro atoms.